The average Bonchev–Trinajstić information content (AvgIpc) is 2.27. The summed E-state index contributed by atoms with van der Waals surface area (Å²) >= 11 is 5.58. The van der Waals surface area contributed by atoms with E-state index in [9.17, 15) is 8.78 Å². The van der Waals surface area contributed by atoms with Crippen LogP contribution in [0.3, 0.4) is 0 Å². The van der Waals surface area contributed by atoms with Gasteiger partial charge in [-0.2, -0.15) is 5.26 Å². The van der Waals surface area contributed by atoms with Crippen LogP contribution in [0.2, 0.25) is 0 Å². The van der Waals surface area contributed by atoms with Crippen molar-refractivity contribution in [3.8, 4) is 6.07 Å². The number of hydrogen-bond acceptors (Lipinski definition) is 1. The number of nitriles is 1. The molecule has 1 aromatic rings. The average molecular weight is 244 g/mol. The Labute approximate surface area is 98.6 Å². The third-order valence-corrected chi connectivity index (χ3v) is 2.60. The number of hydrogen-bond donors (Lipinski definition) is 0. The second-order valence-electron chi connectivity index (χ2n) is 3.46. The molecule has 0 aromatic heterocycles. The van der Waals surface area contributed by atoms with Crippen LogP contribution in [-0.4, -0.2) is 5.88 Å². The molecule has 1 rings (SSSR count). The zero-order valence-corrected chi connectivity index (χ0v) is 9.47. The Morgan fingerprint density at radius 2 is 2.06 bits per heavy atom. The van der Waals surface area contributed by atoms with Crippen LogP contribution in [0.25, 0.3) is 0 Å². The smallest absolute Gasteiger partial charge is 0.205 e. The molecule has 86 valence electrons. The summed E-state index contributed by atoms with van der Waals surface area (Å²) in [6.07, 6.45) is -0.810. The van der Waals surface area contributed by atoms with Crippen molar-refractivity contribution in [3.05, 3.63) is 34.9 Å². The summed E-state index contributed by atoms with van der Waals surface area (Å²) in [7, 11) is 0. The lowest BCUT2D eigenvalue weighted by atomic mass is 9.98. The summed E-state index contributed by atoms with van der Waals surface area (Å²) in [5.74, 6) is 0.530. The summed E-state index contributed by atoms with van der Waals surface area (Å²) in [4.78, 5) is 0. The van der Waals surface area contributed by atoms with Crippen LogP contribution >= 0.6 is 11.6 Å². The summed E-state index contributed by atoms with van der Waals surface area (Å²) in [6.45, 7) is 0. The molecule has 0 aliphatic carbocycles. The van der Waals surface area contributed by atoms with Crippen LogP contribution in [-0.2, 0) is 12.8 Å². The standard InChI is InChI=1S/C12H12ClF2N/c13-6-1-2-9-3-4-11(12(14)15)8-10(9)5-7-16/h3-4,8,12H,1-2,5-6H2. The van der Waals surface area contributed by atoms with Crippen LogP contribution < -0.4 is 0 Å². The van der Waals surface area contributed by atoms with Crippen molar-refractivity contribution in [2.24, 2.45) is 0 Å². The minimum absolute atomic E-state index is 0.0279. The molecule has 0 atom stereocenters. The molecular formula is C12H12ClF2N. The number of aryl methyl sites for hydroxylation is 1. The van der Waals surface area contributed by atoms with Gasteiger partial charge in [-0.1, -0.05) is 12.1 Å². The monoisotopic (exact) mass is 243 g/mol. The fraction of sp³-hybridized carbons (Fsp3) is 0.417. The molecule has 4 heteroatoms. The molecule has 0 bridgehead atoms. The van der Waals surface area contributed by atoms with Gasteiger partial charge in [-0.05, 0) is 30.0 Å². The summed E-state index contributed by atoms with van der Waals surface area (Å²) < 4.78 is 24.9. The van der Waals surface area contributed by atoms with E-state index in [4.69, 9.17) is 16.9 Å². The van der Waals surface area contributed by atoms with Gasteiger partial charge in [-0.3, -0.25) is 0 Å². The van der Waals surface area contributed by atoms with E-state index >= 15 is 0 Å². The molecular weight excluding hydrogens is 232 g/mol. The minimum atomic E-state index is -2.49. The summed E-state index contributed by atoms with van der Waals surface area (Å²) in [5.41, 5.74) is 1.59. The Morgan fingerprint density at radius 3 is 2.62 bits per heavy atom. The van der Waals surface area contributed by atoms with Gasteiger partial charge < -0.3 is 0 Å². The van der Waals surface area contributed by atoms with Gasteiger partial charge in [0.25, 0.3) is 6.43 Å². The van der Waals surface area contributed by atoms with Crippen molar-refractivity contribution >= 4 is 11.6 Å². The van der Waals surface area contributed by atoms with Gasteiger partial charge in [0.1, 0.15) is 0 Å². The van der Waals surface area contributed by atoms with Gasteiger partial charge in [-0.15, -0.1) is 11.6 Å². The highest BCUT2D eigenvalue weighted by molar-refractivity contribution is 6.17. The van der Waals surface area contributed by atoms with Crippen LogP contribution in [0.4, 0.5) is 8.78 Å². The van der Waals surface area contributed by atoms with E-state index in [0.29, 0.717) is 11.4 Å². The van der Waals surface area contributed by atoms with E-state index in [-0.39, 0.29) is 12.0 Å². The minimum Gasteiger partial charge on any atom is -0.205 e. The maximum Gasteiger partial charge on any atom is 0.263 e. The van der Waals surface area contributed by atoms with Gasteiger partial charge in [0.05, 0.1) is 12.5 Å². The van der Waals surface area contributed by atoms with Gasteiger partial charge in [0.15, 0.2) is 0 Å². The second kappa shape index (κ2) is 6.44. The van der Waals surface area contributed by atoms with Crippen molar-refractivity contribution < 1.29 is 8.78 Å². The molecule has 0 radical (unpaired) electrons. The molecule has 0 saturated heterocycles. The van der Waals surface area contributed by atoms with Gasteiger partial charge in [0.2, 0.25) is 0 Å². The first-order valence-corrected chi connectivity index (χ1v) is 5.55. The van der Waals surface area contributed by atoms with E-state index in [1.54, 1.807) is 6.07 Å². The van der Waals surface area contributed by atoms with Crippen LogP contribution in [0.15, 0.2) is 18.2 Å². The first-order chi connectivity index (χ1) is 7.69. The van der Waals surface area contributed by atoms with Crippen LogP contribution in [0.1, 0.15) is 29.5 Å². The number of alkyl halides is 3. The Morgan fingerprint density at radius 1 is 1.31 bits per heavy atom. The number of nitrogens with zero attached hydrogens (tertiary/aromatic N) is 1. The molecule has 0 spiro atoms. The van der Waals surface area contributed by atoms with Crippen molar-refractivity contribution in [3.63, 3.8) is 0 Å². The Bertz CT molecular complexity index is 385. The zero-order valence-electron chi connectivity index (χ0n) is 8.72. The zero-order chi connectivity index (χ0) is 12.0. The predicted octanol–water partition coefficient (Wildman–Crippen LogP) is 3.86. The van der Waals surface area contributed by atoms with Crippen molar-refractivity contribution in [2.45, 2.75) is 25.7 Å². The largest absolute Gasteiger partial charge is 0.263 e. The quantitative estimate of drug-likeness (QED) is 0.721. The van der Waals surface area contributed by atoms with Gasteiger partial charge in [0, 0.05) is 11.4 Å². The molecule has 0 heterocycles. The molecule has 0 N–H and O–H groups in total. The summed E-state index contributed by atoms with van der Waals surface area (Å²) in [6, 6.07) is 6.48. The van der Waals surface area contributed by atoms with Crippen LogP contribution in [0.5, 0.6) is 0 Å². The van der Waals surface area contributed by atoms with Crippen molar-refractivity contribution in [1.82, 2.24) is 0 Å². The Kier molecular flexibility index (Phi) is 5.21. The molecule has 0 fully saturated rings. The maximum absolute atomic E-state index is 12.5. The fourth-order valence-corrected chi connectivity index (χ4v) is 1.67. The lowest BCUT2D eigenvalue weighted by Gasteiger charge is -2.08. The number of rotatable bonds is 5. The van der Waals surface area contributed by atoms with E-state index in [0.717, 1.165) is 18.4 Å². The molecule has 0 aliphatic heterocycles. The van der Waals surface area contributed by atoms with Crippen molar-refractivity contribution in [1.29, 1.82) is 5.26 Å². The van der Waals surface area contributed by atoms with E-state index < -0.39 is 6.43 Å². The first-order valence-electron chi connectivity index (χ1n) is 5.01. The Balaban J connectivity index is 2.95. The molecule has 0 aliphatic rings. The maximum atomic E-state index is 12.5. The Hall–Kier alpha value is -1.14. The molecule has 0 amide bonds. The molecule has 1 nitrogen and oxygen atoms in total. The van der Waals surface area contributed by atoms with Crippen LogP contribution in [0, 0.1) is 11.3 Å². The summed E-state index contributed by atoms with van der Waals surface area (Å²) in [5, 5.41) is 8.64. The topological polar surface area (TPSA) is 23.8 Å². The van der Waals surface area contributed by atoms with Gasteiger partial charge >= 0.3 is 0 Å². The molecule has 1 aromatic carbocycles. The lowest BCUT2D eigenvalue weighted by molar-refractivity contribution is 0.151. The number of halogens is 3. The first kappa shape index (κ1) is 12.9. The fourth-order valence-electron chi connectivity index (χ4n) is 1.53. The predicted molar refractivity (Wildman–Crippen MR) is 59.8 cm³/mol. The van der Waals surface area contributed by atoms with E-state index in [1.165, 1.54) is 12.1 Å². The van der Waals surface area contributed by atoms with E-state index in [2.05, 4.69) is 0 Å². The third kappa shape index (κ3) is 3.46. The lowest BCUT2D eigenvalue weighted by Crippen LogP contribution is -1.97. The highest BCUT2D eigenvalue weighted by atomic mass is 35.5. The number of benzene rings is 1. The normalized spacial score (nSPS) is 10.4. The van der Waals surface area contributed by atoms with E-state index in [1.807, 2.05) is 6.07 Å². The molecule has 0 saturated carbocycles. The molecule has 0 unspecified atom stereocenters. The SMILES string of the molecule is N#CCc1cc(C(F)F)ccc1CCCCl. The van der Waals surface area contributed by atoms with Gasteiger partial charge in [-0.25, -0.2) is 8.78 Å². The third-order valence-electron chi connectivity index (χ3n) is 2.33. The second-order valence-corrected chi connectivity index (χ2v) is 3.83. The highest BCUT2D eigenvalue weighted by Gasteiger charge is 2.10. The highest BCUT2D eigenvalue weighted by Crippen LogP contribution is 2.23. The molecule has 16 heavy (non-hydrogen) atoms. The van der Waals surface area contributed by atoms with Crippen molar-refractivity contribution in [2.75, 3.05) is 5.88 Å².